The number of benzene rings is 1. The molecule has 5 atom stereocenters. The highest BCUT2D eigenvalue weighted by Crippen LogP contribution is 2.43. The number of hydrogen-bond donors (Lipinski definition) is 2. The van der Waals surface area contributed by atoms with Crippen LogP contribution in [-0.2, 0) is 48.0 Å². The number of nitrogens with zero attached hydrogens (tertiary/aromatic N) is 6. The van der Waals surface area contributed by atoms with Gasteiger partial charge in [-0.25, -0.2) is 15.2 Å². The van der Waals surface area contributed by atoms with Gasteiger partial charge in [0.25, 0.3) is 5.91 Å². The molecule has 2 fully saturated rings. The highest BCUT2D eigenvalue weighted by atomic mass is 32.1. The van der Waals surface area contributed by atoms with Crippen LogP contribution in [0.25, 0.3) is 33.4 Å². The van der Waals surface area contributed by atoms with Gasteiger partial charge < -0.3 is 33.9 Å². The minimum absolute atomic E-state index is 0.0385. The molecule has 334 valence electrons. The van der Waals surface area contributed by atoms with Crippen LogP contribution in [-0.4, -0.2) is 124 Å². The summed E-state index contributed by atoms with van der Waals surface area (Å²) < 4.78 is 19.8. The molecule has 0 spiro atoms. The van der Waals surface area contributed by atoms with Crippen LogP contribution in [0.1, 0.15) is 83.7 Å². The van der Waals surface area contributed by atoms with Crippen LogP contribution >= 0.6 is 11.3 Å². The lowest BCUT2D eigenvalue weighted by Crippen LogP contribution is -2.64. The van der Waals surface area contributed by atoms with E-state index in [1.807, 2.05) is 39.1 Å². The third-order valence-electron chi connectivity index (χ3n) is 13.0. The number of likely N-dealkylation sites (tertiary alicyclic amines) is 1. The van der Waals surface area contributed by atoms with Crippen LogP contribution in [0.5, 0.6) is 0 Å². The van der Waals surface area contributed by atoms with Gasteiger partial charge in [0.2, 0.25) is 5.91 Å². The summed E-state index contributed by atoms with van der Waals surface area (Å²) in [5, 5.41) is 8.16. The predicted octanol–water partition coefficient (Wildman–Crippen LogP) is 6.00. The summed E-state index contributed by atoms with van der Waals surface area (Å²) in [7, 11) is 4.92. The van der Waals surface area contributed by atoms with Gasteiger partial charge in [0.05, 0.1) is 47.4 Å². The molecule has 2 saturated heterocycles. The summed E-state index contributed by atoms with van der Waals surface area (Å²) in [5.41, 5.74) is 9.32. The van der Waals surface area contributed by atoms with Crippen molar-refractivity contribution in [3.8, 4) is 22.5 Å². The first-order chi connectivity index (χ1) is 29.6. The number of hydrazine groups is 1. The Morgan fingerprint density at radius 2 is 1.90 bits per heavy atom. The van der Waals surface area contributed by atoms with Gasteiger partial charge in [-0.05, 0) is 75.8 Å². The number of hydrogen-bond acceptors (Lipinski definition) is 11. The molecule has 0 radical (unpaired) electrons. The second-order valence-corrected chi connectivity index (χ2v) is 18.9. The summed E-state index contributed by atoms with van der Waals surface area (Å²) in [5.74, 6) is -1.56. The molecule has 0 aliphatic carbocycles. The second-order valence-electron chi connectivity index (χ2n) is 17.9. The first-order valence-electron chi connectivity index (χ1n) is 21.8. The van der Waals surface area contributed by atoms with E-state index in [1.165, 1.54) is 21.2 Å². The van der Waals surface area contributed by atoms with E-state index in [2.05, 4.69) is 60.3 Å². The SMILES string of the molecule is CCn1c(-c2cccnc2[C@H](C)OC)c2c3cc(ccc31)-c1csc(n1)C[C@H](NC(=O)C(C(C)C)N(C)C(=O)N1CC(OC)C1)C(=O)N1CCC[C@H](N1)C(=O)O[C@@H](C)C(C)(C)C2. The summed E-state index contributed by atoms with van der Waals surface area (Å²) >= 11 is 1.42. The smallest absolute Gasteiger partial charge is 0.325 e. The molecule has 1 unspecified atom stereocenters. The van der Waals surface area contributed by atoms with Gasteiger partial charge in [-0.1, -0.05) is 33.8 Å². The Bertz CT molecular complexity index is 2300. The second kappa shape index (κ2) is 18.4. The monoisotopic (exact) mass is 870 g/mol. The highest BCUT2D eigenvalue weighted by molar-refractivity contribution is 7.10. The van der Waals surface area contributed by atoms with Gasteiger partial charge in [-0.3, -0.25) is 24.4 Å². The van der Waals surface area contributed by atoms with E-state index >= 15 is 0 Å². The number of methoxy groups -OCH3 is 2. The molecule has 0 saturated carbocycles. The van der Waals surface area contributed by atoms with Gasteiger partial charge in [-0.15, -0.1) is 11.3 Å². The molecule has 1 aromatic carbocycles. The molecule has 3 aromatic heterocycles. The maximum atomic E-state index is 14.6. The molecule has 3 aliphatic heterocycles. The van der Waals surface area contributed by atoms with Crippen molar-refractivity contribution in [2.75, 3.05) is 40.9 Å². The number of urea groups is 1. The van der Waals surface area contributed by atoms with Crippen molar-refractivity contribution in [3.63, 3.8) is 0 Å². The first-order valence-corrected chi connectivity index (χ1v) is 22.7. The third-order valence-corrected chi connectivity index (χ3v) is 13.9. The number of carbonyl (C=O) groups excluding carboxylic acids is 4. The van der Waals surface area contributed by atoms with Crippen molar-refractivity contribution in [3.05, 3.63) is 58.2 Å². The molecular weight excluding hydrogens is 809 g/mol. The lowest BCUT2D eigenvalue weighted by atomic mass is 9.79. The number of thiazole rings is 1. The zero-order chi connectivity index (χ0) is 44.6. The van der Waals surface area contributed by atoms with E-state index in [0.717, 1.165) is 44.7 Å². The van der Waals surface area contributed by atoms with Gasteiger partial charge >= 0.3 is 12.0 Å². The number of nitrogens with one attached hydrogen (secondary N) is 2. The zero-order valence-corrected chi connectivity index (χ0v) is 38.5. The number of fused-ring (bicyclic) bond motifs is 6. The fraction of sp³-hybridized carbons (Fsp3) is 0.565. The largest absolute Gasteiger partial charge is 0.461 e. The number of amides is 4. The van der Waals surface area contributed by atoms with E-state index in [4.69, 9.17) is 24.2 Å². The normalized spacial score (nSPS) is 21.9. The molecule has 3 aliphatic rings. The standard InChI is InChI=1S/C46H62N8O7S/c1-11-53-37-17-16-29-20-32(37)33(41(53)31-14-12-18-47-39(31)27(4)59-9)22-46(6,7)28(5)61-44(57)34-15-13-19-54(50-34)43(56)35(21-38-48-36(29)25-62-38)49-42(55)40(26(2)3)51(8)45(58)52-23-30(24-52)60-10/h12,14,16-18,20,25-28,30,34-35,40,50H,11,13,15,19,21-24H2,1-10H3,(H,49,55)/t27-,28-,34-,35-,40?/m0/s1. The summed E-state index contributed by atoms with van der Waals surface area (Å²) in [6.07, 6.45) is 2.70. The molecule has 4 amide bonds. The van der Waals surface area contributed by atoms with Crippen LogP contribution in [0.2, 0.25) is 0 Å². The Labute approximate surface area is 368 Å². The number of esters is 1. The molecule has 6 bridgehead atoms. The van der Waals surface area contributed by atoms with E-state index in [0.29, 0.717) is 50.4 Å². The number of carbonyl (C=O) groups is 4. The molecule has 4 aromatic rings. The van der Waals surface area contributed by atoms with Crippen molar-refractivity contribution in [1.29, 1.82) is 0 Å². The number of rotatable bonds is 9. The number of aromatic nitrogens is 3. The molecule has 16 heteroatoms. The molecule has 6 heterocycles. The lowest BCUT2D eigenvalue weighted by Gasteiger charge is -2.42. The Balaban J connectivity index is 1.30. The number of aryl methyl sites for hydroxylation is 1. The Kier molecular flexibility index (Phi) is 13.4. The summed E-state index contributed by atoms with van der Waals surface area (Å²) in [6, 6.07) is 7.48. The van der Waals surface area contributed by atoms with Crippen molar-refractivity contribution in [2.24, 2.45) is 11.3 Å². The van der Waals surface area contributed by atoms with E-state index in [9.17, 15) is 19.2 Å². The topological polar surface area (TPSA) is 160 Å². The van der Waals surface area contributed by atoms with Crippen molar-refractivity contribution < 1.29 is 33.4 Å². The fourth-order valence-corrected chi connectivity index (χ4v) is 9.80. The lowest BCUT2D eigenvalue weighted by molar-refractivity contribution is -0.161. The molecule has 7 rings (SSSR count). The molecular formula is C46H62N8O7S. The molecule has 62 heavy (non-hydrogen) atoms. The van der Waals surface area contributed by atoms with Crippen LogP contribution < -0.4 is 10.7 Å². The minimum atomic E-state index is -1.05. The fourth-order valence-electron chi connectivity index (χ4n) is 8.95. The van der Waals surface area contributed by atoms with Crippen molar-refractivity contribution in [1.82, 2.24) is 40.1 Å². The maximum Gasteiger partial charge on any atom is 0.325 e. The average molecular weight is 871 g/mol. The third kappa shape index (κ3) is 8.84. The number of likely N-dealkylation sites (N-methyl/N-ethyl adjacent to an activating group) is 1. The molecule has 2 N–H and O–H groups in total. The average Bonchev–Trinajstić information content (AvgIpc) is 3.83. The number of ether oxygens (including phenoxy) is 3. The first kappa shape index (κ1) is 45.1. The Morgan fingerprint density at radius 1 is 1.15 bits per heavy atom. The quantitative estimate of drug-likeness (QED) is 0.191. The van der Waals surface area contributed by atoms with Gasteiger partial charge in [0.15, 0.2) is 0 Å². The van der Waals surface area contributed by atoms with Gasteiger partial charge in [0, 0.05) is 79.8 Å². The minimum Gasteiger partial charge on any atom is -0.461 e. The van der Waals surface area contributed by atoms with Gasteiger partial charge in [-0.2, -0.15) is 0 Å². The Hall–Kier alpha value is -4.90. The predicted molar refractivity (Wildman–Crippen MR) is 238 cm³/mol. The highest BCUT2D eigenvalue weighted by Gasteiger charge is 2.41. The van der Waals surface area contributed by atoms with Crippen molar-refractivity contribution in [2.45, 2.75) is 117 Å². The van der Waals surface area contributed by atoms with Gasteiger partial charge in [0.1, 0.15) is 24.2 Å². The zero-order valence-electron chi connectivity index (χ0n) is 37.7. The Morgan fingerprint density at radius 3 is 2.60 bits per heavy atom. The van der Waals surface area contributed by atoms with Crippen LogP contribution in [0.3, 0.4) is 0 Å². The molecule has 15 nitrogen and oxygen atoms in total. The van der Waals surface area contributed by atoms with E-state index < -0.39 is 47.4 Å². The number of pyridine rings is 1. The van der Waals surface area contributed by atoms with Crippen molar-refractivity contribution >= 4 is 46.1 Å². The summed E-state index contributed by atoms with van der Waals surface area (Å²) in [6.45, 7) is 16.0. The summed E-state index contributed by atoms with van der Waals surface area (Å²) in [4.78, 5) is 69.4. The van der Waals surface area contributed by atoms with E-state index in [-0.39, 0.29) is 30.6 Å². The van der Waals surface area contributed by atoms with Crippen LogP contribution in [0.15, 0.2) is 41.9 Å². The van der Waals surface area contributed by atoms with Crippen LogP contribution in [0, 0.1) is 11.3 Å². The van der Waals surface area contributed by atoms with E-state index in [1.54, 1.807) is 32.4 Å². The maximum absolute atomic E-state index is 14.6. The number of cyclic esters (lactones) is 1. The van der Waals surface area contributed by atoms with Crippen LogP contribution in [0.4, 0.5) is 4.79 Å².